The van der Waals surface area contributed by atoms with E-state index in [0.717, 1.165) is 10.2 Å². The van der Waals surface area contributed by atoms with Gasteiger partial charge in [0.2, 0.25) is 0 Å². The molecule has 0 radical (unpaired) electrons. The Morgan fingerprint density at radius 2 is 1.80 bits per heavy atom. The van der Waals surface area contributed by atoms with Gasteiger partial charge in [-0.3, -0.25) is 0 Å². The Labute approximate surface area is 64.4 Å². The predicted octanol–water partition coefficient (Wildman–Crippen LogP) is -0.542. The summed E-state index contributed by atoms with van der Waals surface area (Å²) in [5.41, 5.74) is 0.162. The van der Waals surface area contributed by atoms with Crippen molar-refractivity contribution in [2.45, 2.75) is 5.73 Å². The average molecular weight is 162 g/mol. The summed E-state index contributed by atoms with van der Waals surface area (Å²) in [4.78, 5) is 0. The Kier molecular flexibility index (Phi) is 5.06. The summed E-state index contributed by atoms with van der Waals surface area (Å²) in [5.74, 6) is 0.516. The van der Waals surface area contributed by atoms with Crippen molar-refractivity contribution in [1.82, 2.24) is 0 Å². The summed E-state index contributed by atoms with van der Waals surface area (Å²) in [6, 6.07) is 0. The van der Waals surface area contributed by atoms with Crippen LogP contribution in [0, 0.1) is 0 Å². The van der Waals surface area contributed by atoms with E-state index in [9.17, 15) is 0 Å². The first-order chi connectivity index (χ1) is 4.74. The minimum absolute atomic E-state index is 0.162. The summed E-state index contributed by atoms with van der Waals surface area (Å²) in [6.07, 6.45) is 1.81. The molecule has 0 rings (SSSR count). The maximum atomic E-state index is 5.01. The van der Waals surface area contributed by atoms with Gasteiger partial charge in [0.05, 0.1) is 19.9 Å². The van der Waals surface area contributed by atoms with Crippen molar-refractivity contribution >= 4 is 10.2 Å². The van der Waals surface area contributed by atoms with Crippen LogP contribution in [0.5, 0.6) is 0 Å². The van der Waals surface area contributed by atoms with Crippen molar-refractivity contribution in [1.29, 1.82) is 0 Å². The van der Waals surface area contributed by atoms with Crippen LogP contribution in [0.2, 0.25) is 0 Å². The lowest BCUT2D eigenvalue weighted by molar-refractivity contribution is 0.0871. The quantitative estimate of drug-likeness (QED) is 0.410. The molecule has 1 unspecified atom stereocenters. The van der Waals surface area contributed by atoms with Gasteiger partial charge in [0.1, 0.15) is 0 Å². The summed E-state index contributed by atoms with van der Waals surface area (Å²) in [6.45, 7) is 0. The molecule has 0 aliphatic carbocycles. The number of hydrogen-bond acceptors (Lipinski definition) is 3. The van der Waals surface area contributed by atoms with Crippen LogP contribution in [0.3, 0.4) is 0 Å². The fourth-order valence-electron chi connectivity index (χ4n) is 0.479. The van der Waals surface area contributed by atoms with Crippen LogP contribution in [0.25, 0.3) is 0 Å². The Morgan fingerprint density at radius 3 is 2.10 bits per heavy atom. The molecule has 0 bridgehead atoms. The Balaban J connectivity index is 3.83. The second-order valence-electron chi connectivity index (χ2n) is 1.83. The van der Waals surface area contributed by atoms with Crippen molar-refractivity contribution in [3.05, 3.63) is 12.0 Å². The van der Waals surface area contributed by atoms with Crippen LogP contribution >= 0.6 is 0 Å². The molecule has 0 heterocycles. The zero-order valence-corrected chi connectivity index (χ0v) is 8.88. The number of methoxy groups -OCH3 is 3. The first-order valence-corrected chi connectivity index (χ1v) is 4.22. The molecular formula is C6H14O3Si. The lowest BCUT2D eigenvalue weighted by atomic mass is 10.6. The summed E-state index contributed by atoms with van der Waals surface area (Å²) < 4.78 is 14.7. The van der Waals surface area contributed by atoms with Crippen LogP contribution in [0.1, 0.15) is 0 Å². The molecule has 3 nitrogen and oxygen atoms in total. The molecule has 0 saturated heterocycles. The minimum Gasteiger partial charge on any atom is -0.469 e. The molecule has 1 atom stereocenters. The topological polar surface area (TPSA) is 27.7 Å². The molecular weight excluding hydrogens is 148 g/mol. The van der Waals surface area contributed by atoms with E-state index in [-0.39, 0.29) is 5.73 Å². The highest BCUT2D eigenvalue weighted by molar-refractivity contribution is 6.12. The predicted molar refractivity (Wildman–Crippen MR) is 42.8 cm³/mol. The Morgan fingerprint density at radius 1 is 1.30 bits per heavy atom. The van der Waals surface area contributed by atoms with Gasteiger partial charge >= 0.3 is 0 Å². The van der Waals surface area contributed by atoms with Gasteiger partial charge in [-0.15, -0.1) is 0 Å². The molecule has 0 aliphatic heterocycles. The molecule has 60 valence electrons. The second-order valence-corrected chi connectivity index (χ2v) is 2.97. The monoisotopic (exact) mass is 162 g/mol. The van der Waals surface area contributed by atoms with E-state index in [1.54, 1.807) is 21.3 Å². The Hall–Kier alpha value is -0.483. The van der Waals surface area contributed by atoms with Crippen LogP contribution < -0.4 is 0 Å². The van der Waals surface area contributed by atoms with Crippen LogP contribution in [-0.4, -0.2) is 37.3 Å². The average Bonchev–Trinajstić information content (AvgIpc) is 1.99. The molecule has 0 aliphatic rings. The van der Waals surface area contributed by atoms with E-state index in [1.165, 1.54) is 0 Å². The van der Waals surface area contributed by atoms with E-state index in [4.69, 9.17) is 14.2 Å². The van der Waals surface area contributed by atoms with E-state index in [0.29, 0.717) is 5.95 Å². The highest BCUT2D eigenvalue weighted by Crippen LogP contribution is 1.97. The van der Waals surface area contributed by atoms with Crippen LogP contribution in [0.4, 0.5) is 0 Å². The normalized spacial score (nSPS) is 12.3. The van der Waals surface area contributed by atoms with E-state index < -0.39 is 0 Å². The summed E-state index contributed by atoms with van der Waals surface area (Å²) in [7, 11) is 5.74. The van der Waals surface area contributed by atoms with Gasteiger partial charge < -0.3 is 14.2 Å². The lowest BCUT2D eigenvalue weighted by Gasteiger charge is -2.06. The number of hydrogen-bond donors (Lipinski definition) is 0. The molecule has 0 spiro atoms. The molecule has 0 saturated carbocycles. The highest BCUT2D eigenvalue weighted by atomic mass is 28.1. The van der Waals surface area contributed by atoms with Gasteiger partial charge in [0.15, 0.2) is 0 Å². The first-order valence-electron chi connectivity index (χ1n) is 3.07. The van der Waals surface area contributed by atoms with Gasteiger partial charge in [-0.2, -0.15) is 0 Å². The molecule has 0 fully saturated rings. The maximum Gasteiger partial charge on any atom is 0.276 e. The molecule has 10 heavy (non-hydrogen) atoms. The molecule has 0 aromatic heterocycles. The molecule has 0 amide bonds. The number of ether oxygens (including phenoxy) is 3. The van der Waals surface area contributed by atoms with Crippen molar-refractivity contribution in [2.75, 3.05) is 21.3 Å². The fourth-order valence-corrected chi connectivity index (χ4v) is 0.751. The van der Waals surface area contributed by atoms with Crippen molar-refractivity contribution in [2.24, 2.45) is 0 Å². The largest absolute Gasteiger partial charge is 0.469 e. The third kappa shape index (κ3) is 3.52. The number of rotatable bonds is 4. The SMILES string of the molecule is COC(=CC([SiH3])OC)OC. The van der Waals surface area contributed by atoms with Gasteiger partial charge in [-0.1, -0.05) is 0 Å². The standard InChI is InChI=1S/C6H14O3Si/c1-7-5(8-2)4-6(10)9-3/h4,6H,1-3,10H3. The van der Waals surface area contributed by atoms with E-state index in [2.05, 4.69) is 0 Å². The van der Waals surface area contributed by atoms with E-state index >= 15 is 0 Å². The van der Waals surface area contributed by atoms with Gasteiger partial charge in [0, 0.05) is 23.4 Å². The maximum absolute atomic E-state index is 5.01. The van der Waals surface area contributed by atoms with Gasteiger partial charge in [-0.05, 0) is 0 Å². The summed E-state index contributed by atoms with van der Waals surface area (Å²) in [5, 5.41) is 0. The van der Waals surface area contributed by atoms with Crippen LogP contribution in [0.15, 0.2) is 12.0 Å². The third-order valence-corrected chi connectivity index (χ3v) is 1.95. The smallest absolute Gasteiger partial charge is 0.276 e. The molecule has 0 aromatic carbocycles. The second kappa shape index (κ2) is 5.31. The van der Waals surface area contributed by atoms with Crippen LogP contribution in [-0.2, 0) is 14.2 Å². The van der Waals surface area contributed by atoms with Crippen molar-refractivity contribution in [3.63, 3.8) is 0 Å². The third-order valence-electron chi connectivity index (χ3n) is 1.14. The van der Waals surface area contributed by atoms with Crippen molar-refractivity contribution in [3.8, 4) is 0 Å². The first kappa shape index (κ1) is 9.52. The zero-order valence-electron chi connectivity index (χ0n) is 6.88. The lowest BCUT2D eigenvalue weighted by Crippen LogP contribution is -2.08. The van der Waals surface area contributed by atoms with Gasteiger partial charge in [-0.25, -0.2) is 0 Å². The van der Waals surface area contributed by atoms with Crippen molar-refractivity contribution < 1.29 is 14.2 Å². The van der Waals surface area contributed by atoms with Gasteiger partial charge in [0.25, 0.3) is 5.95 Å². The highest BCUT2D eigenvalue weighted by Gasteiger charge is 1.98. The molecule has 0 aromatic rings. The molecule has 4 heteroatoms. The molecule has 0 N–H and O–H groups in total. The fraction of sp³-hybridized carbons (Fsp3) is 0.667. The van der Waals surface area contributed by atoms with E-state index in [1.807, 2.05) is 6.08 Å². The zero-order chi connectivity index (χ0) is 7.98. The minimum atomic E-state index is 0.162. The summed E-state index contributed by atoms with van der Waals surface area (Å²) >= 11 is 0. The Bertz CT molecular complexity index is 108.